The maximum absolute atomic E-state index is 12.3. The summed E-state index contributed by atoms with van der Waals surface area (Å²) in [5, 5.41) is 2.79. The van der Waals surface area contributed by atoms with E-state index in [0.29, 0.717) is 24.1 Å². The second kappa shape index (κ2) is 5.17. The zero-order chi connectivity index (χ0) is 13.1. The van der Waals surface area contributed by atoms with Gasteiger partial charge in [0, 0.05) is 12.1 Å². The number of nitrogens with one attached hydrogen (secondary N) is 1. The normalized spacial score (nSPS) is 13.8. The van der Waals surface area contributed by atoms with Crippen molar-refractivity contribution in [1.82, 2.24) is 5.32 Å². The van der Waals surface area contributed by atoms with Crippen LogP contribution in [0, 0.1) is 0 Å². The van der Waals surface area contributed by atoms with Gasteiger partial charge in [0.1, 0.15) is 0 Å². The first-order valence-corrected chi connectivity index (χ1v) is 6.36. The number of hydrogen-bond donors (Lipinski definition) is 1. The Morgan fingerprint density at radius 1 is 1.17 bits per heavy atom. The minimum absolute atomic E-state index is 0.143. The van der Waals surface area contributed by atoms with Gasteiger partial charge in [0.25, 0.3) is 5.91 Å². The van der Waals surface area contributed by atoms with Crippen molar-refractivity contribution in [3.8, 4) is 0 Å². The van der Waals surface area contributed by atoms with Gasteiger partial charge in [0.15, 0.2) is 5.78 Å². The van der Waals surface area contributed by atoms with E-state index in [4.69, 9.17) is 0 Å². The van der Waals surface area contributed by atoms with Crippen molar-refractivity contribution < 1.29 is 9.59 Å². The largest absolute Gasteiger partial charge is 0.352 e. The molecule has 1 N–H and O–H groups in total. The molecular formula is C15H17NO2. The fourth-order valence-corrected chi connectivity index (χ4v) is 2.28. The summed E-state index contributed by atoms with van der Waals surface area (Å²) in [6.07, 6.45) is 1.55. The van der Waals surface area contributed by atoms with E-state index >= 15 is 0 Å². The van der Waals surface area contributed by atoms with Gasteiger partial charge >= 0.3 is 0 Å². The molecule has 0 fully saturated rings. The molecule has 0 saturated carbocycles. The van der Waals surface area contributed by atoms with Gasteiger partial charge in [-0.05, 0) is 24.0 Å². The molecule has 18 heavy (non-hydrogen) atoms. The van der Waals surface area contributed by atoms with Gasteiger partial charge in [0.2, 0.25) is 0 Å². The van der Waals surface area contributed by atoms with Gasteiger partial charge in [-0.15, -0.1) is 0 Å². The minimum atomic E-state index is -0.241. The van der Waals surface area contributed by atoms with Gasteiger partial charge in [-0.2, -0.15) is 0 Å². The lowest BCUT2D eigenvalue weighted by atomic mass is 10.0. The van der Waals surface area contributed by atoms with Crippen molar-refractivity contribution in [3.05, 3.63) is 41.0 Å². The summed E-state index contributed by atoms with van der Waals surface area (Å²) >= 11 is 0. The molecular weight excluding hydrogens is 226 g/mol. The van der Waals surface area contributed by atoms with Gasteiger partial charge in [0.05, 0.1) is 5.57 Å². The molecule has 1 aliphatic carbocycles. The molecule has 0 aromatic heterocycles. The van der Waals surface area contributed by atoms with Gasteiger partial charge < -0.3 is 5.32 Å². The first-order valence-electron chi connectivity index (χ1n) is 6.36. The quantitative estimate of drug-likeness (QED) is 0.826. The van der Waals surface area contributed by atoms with Crippen LogP contribution in [0.5, 0.6) is 0 Å². The molecule has 3 heteroatoms. The van der Waals surface area contributed by atoms with Crippen molar-refractivity contribution in [3.63, 3.8) is 0 Å². The fraction of sp³-hybridized carbons (Fsp3) is 0.333. The Hall–Kier alpha value is -1.90. The molecule has 0 spiro atoms. The van der Waals surface area contributed by atoms with Crippen LogP contribution >= 0.6 is 0 Å². The van der Waals surface area contributed by atoms with Crippen molar-refractivity contribution in [2.45, 2.75) is 26.7 Å². The average molecular weight is 243 g/mol. The summed E-state index contributed by atoms with van der Waals surface area (Å²) in [6.45, 7) is 4.56. The highest BCUT2D eigenvalue weighted by Crippen LogP contribution is 2.34. The van der Waals surface area contributed by atoms with Crippen molar-refractivity contribution in [2.24, 2.45) is 0 Å². The summed E-state index contributed by atoms with van der Waals surface area (Å²) in [6, 6.07) is 7.42. The van der Waals surface area contributed by atoms with Crippen molar-refractivity contribution >= 4 is 17.3 Å². The summed E-state index contributed by atoms with van der Waals surface area (Å²) in [5.41, 5.74) is 2.75. The number of Topliss-reactive ketones (excluding diaryl/α,β-unsaturated/α-hetero) is 1. The Bertz CT molecular complexity index is 529. The Morgan fingerprint density at radius 2 is 1.83 bits per heavy atom. The number of ketones is 1. The van der Waals surface area contributed by atoms with Crippen LogP contribution in [0.3, 0.4) is 0 Å². The highest BCUT2D eigenvalue weighted by Gasteiger charge is 2.32. The standard InChI is InChI=1S/C15H17NO2/c1-3-9-16-15(18)13-10(4-2)11-7-5-6-8-12(11)14(13)17/h5-8H,3-4,9H2,1-2H3,(H,16,18). The van der Waals surface area contributed by atoms with Crippen LogP contribution in [-0.2, 0) is 4.79 Å². The smallest absolute Gasteiger partial charge is 0.255 e. The minimum Gasteiger partial charge on any atom is -0.352 e. The van der Waals surface area contributed by atoms with E-state index in [9.17, 15) is 9.59 Å². The fourth-order valence-electron chi connectivity index (χ4n) is 2.28. The summed E-state index contributed by atoms with van der Waals surface area (Å²) in [5.74, 6) is -0.383. The zero-order valence-corrected chi connectivity index (χ0v) is 10.7. The monoisotopic (exact) mass is 243 g/mol. The third-order valence-electron chi connectivity index (χ3n) is 3.14. The van der Waals surface area contributed by atoms with Gasteiger partial charge in [-0.1, -0.05) is 38.1 Å². The van der Waals surface area contributed by atoms with E-state index in [1.165, 1.54) is 0 Å². The molecule has 1 amide bonds. The lowest BCUT2D eigenvalue weighted by Crippen LogP contribution is -2.28. The SMILES string of the molecule is CCCNC(=O)C1=C(CC)c2ccccc2C1=O. The summed E-state index contributed by atoms with van der Waals surface area (Å²) < 4.78 is 0. The molecule has 2 rings (SSSR count). The van der Waals surface area contributed by atoms with Crippen LogP contribution < -0.4 is 5.32 Å². The van der Waals surface area contributed by atoms with Crippen molar-refractivity contribution in [1.29, 1.82) is 0 Å². The van der Waals surface area contributed by atoms with Gasteiger partial charge in [-0.3, -0.25) is 9.59 Å². The molecule has 94 valence electrons. The highest BCUT2D eigenvalue weighted by atomic mass is 16.2. The van der Waals surface area contributed by atoms with E-state index in [1.807, 2.05) is 32.0 Å². The molecule has 0 bridgehead atoms. The molecule has 1 aromatic carbocycles. The van der Waals surface area contributed by atoms with Crippen LogP contribution in [0.4, 0.5) is 0 Å². The van der Waals surface area contributed by atoms with Gasteiger partial charge in [-0.25, -0.2) is 0 Å². The Balaban J connectivity index is 2.41. The van der Waals surface area contributed by atoms with E-state index in [1.54, 1.807) is 6.07 Å². The van der Waals surface area contributed by atoms with E-state index < -0.39 is 0 Å². The predicted molar refractivity (Wildman–Crippen MR) is 71.3 cm³/mol. The molecule has 1 aromatic rings. The van der Waals surface area contributed by atoms with E-state index in [0.717, 1.165) is 17.6 Å². The first-order chi connectivity index (χ1) is 8.70. The molecule has 0 saturated heterocycles. The zero-order valence-electron chi connectivity index (χ0n) is 10.7. The highest BCUT2D eigenvalue weighted by molar-refractivity contribution is 6.34. The third kappa shape index (κ3) is 1.96. The Labute approximate surface area is 107 Å². The summed E-state index contributed by atoms with van der Waals surface area (Å²) in [7, 11) is 0. The van der Waals surface area contributed by atoms with Crippen LogP contribution in [0.15, 0.2) is 29.8 Å². The number of hydrogen-bond acceptors (Lipinski definition) is 2. The molecule has 3 nitrogen and oxygen atoms in total. The Kier molecular flexibility index (Phi) is 3.60. The number of allylic oxidation sites excluding steroid dienone is 1. The number of carbonyl (C=O) groups excluding carboxylic acids is 2. The predicted octanol–water partition coefficient (Wildman–Crippen LogP) is 2.57. The van der Waals surface area contributed by atoms with Crippen LogP contribution in [-0.4, -0.2) is 18.2 Å². The van der Waals surface area contributed by atoms with Crippen molar-refractivity contribution in [2.75, 3.05) is 6.54 Å². The molecule has 0 atom stereocenters. The lowest BCUT2D eigenvalue weighted by molar-refractivity contribution is -0.117. The van der Waals surface area contributed by atoms with Crippen LogP contribution in [0.25, 0.3) is 5.57 Å². The number of amides is 1. The third-order valence-corrected chi connectivity index (χ3v) is 3.14. The molecule has 0 aliphatic heterocycles. The maximum Gasteiger partial charge on any atom is 0.255 e. The van der Waals surface area contributed by atoms with E-state index in [-0.39, 0.29) is 11.7 Å². The summed E-state index contributed by atoms with van der Waals surface area (Å²) in [4.78, 5) is 24.3. The first kappa shape index (κ1) is 12.6. The molecule has 1 aliphatic rings. The number of rotatable bonds is 4. The molecule has 0 heterocycles. The maximum atomic E-state index is 12.3. The second-order valence-corrected chi connectivity index (χ2v) is 4.34. The number of carbonyl (C=O) groups is 2. The van der Waals surface area contributed by atoms with Crippen LogP contribution in [0.2, 0.25) is 0 Å². The average Bonchev–Trinajstić information content (AvgIpc) is 2.69. The second-order valence-electron chi connectivity index (χ2n) is 4.34. The molecule has 0 radical (unpaired) electrons. The number of fused-ring (bicyclic) bond motifs is 1. The van der Waals surface area contributed by atoms with Crippen LogP contribution in [0.1, 0.15) is 42.6 Å². The molecule has 0 unspecified atom stereocenters. The number of benzene rings is 1. The Morgan fingerprint density at radius 3 is 2.44 bits per heavy atom. The lowest BCUT2D eigenvalue weighted by Gasteiger charge is -2.05. The van der Waals surface area contributed by atoms with E-state index in [2.05, 4.69) is 5.32 Å². The topological polar surface area (TPSA) is 46.2 Å².